The minimum Gasteiger partial charge on any atom is -0.278 e. The first-order valence-corrected chi connectivity index (χ1v) is 11.9. The molecule has 4 aromatic heterocycles. The summed E-state index contributed by atoms with van der Waals surface area (Å²) >= 11 is 0. The Bertz CT molecular complexity index is 1550. The number of benzene rings is 1. The molecule has 0 saturated carbocycles. The molecule has 0 aliphatic carbocycles. The zero-order valence-corrected chi connectivity index (χ0v) is 17.9. The van der Waals surface area contributed by atoms with E-state index in [1.54, 1.807) is 23.2 Å². The lowest BCUT2D eigenvalue weighted by molar-refractivity contribution is 0.684. The number of nitrogens with zero attached hydrogens (tertiary/aromatic N) is 6. The normalized spacial score (nSPS) is 12.4. The summed E-state index contributed by atoms with van der Waals surface area (Å²) in [6, 6.07) is 8.05. The van der Waals surface area contributed by atoms with Gasteiger partial charge >= 0.3 is 0 Å². The molecule has 0 unspecified atom stereocenters. The van der Waals surface area contributed by atoms with Crippen LogP contribution in [0.15, 0.2) is 47.3 Å². The molecule has 5 aromatic rings. The monoisotopic (exact) mass is 419 g/mol. The quantitative estimate of drug-likeness (QED) is 0.470. The predicted octanol–water partition coefficient (Wildman–Crippen LogP) is 4.30. The fourth-order valence-corrected chi connectivity index (χ4v) is 4.27. The van der Waals surface area contributed by atoms with Crippen molar-refractivity contribution in [1.82, 2.24) is 29.8 Å². The molecule has 0 aliphatic rings. The van der Waals surface area contributed by atoms with Crippen LogP contribution < -0.4 is 0 Å². The molecule has 1 aromatic carbocycles. The van der Waals surface area contributed by atoms with Crippen LogP contribution in [0.2, 0.25) is 0 Å². The van der Waals surface area contributed by atoms with E-state index in [0.717, 1.165) is 44.1 Å². The third kappa shape index (κ3) is 3.11. The summed E-state index contributed by atoms with van der Waals surface area (Å²) in [6.45, 7) is 4.20. The molecule has 0 atom stereocenters. The van der Waals surface area contributed by atoms with Crippen molar-refractivity contribution in [2.24, 2.45) is 4.36 Å². The van der Waals surface area contributed by atoms with Crippen LogP contribution in [0.4, 0.5) is 5.82 Å². The van der Waals surface area contributed by atoms with E-state index in [9.17, 15) is 4.21 Å². The molecule has 0 fully saturated rings. The average molecular weight is 420 g/mol. The van der Waals surface area contributed by atoms with Crippen LogP contribution in [0.3, 0.4) is 0 Å². The summed E-state index contributed by atoms with van der Waals surface area (Å²) in [5.74, 6) is 0.625. The Kier molecular flexibility index (Phi) is 4.11. The van der Waals surface area contributed by atoms with E-state index in [1.165, 1.54) is 6.33 Å². The van der Waals surface area contributed by atoms with E-state index >= 15 is 0 Å². The molecule has 0 aliphatic heterocycles. The maximum atomic E-state index is 12.5. The maximum absolute atomic E-state index is 12.5. The molecule has 1 N–H and O–H groups in total. The predicted molar refractivity (Wildman–Crippen MR) is 120 cm³/mol. The summed E-state index contributed by atoms with van der Waals surface area (Å²) < 4.78 is 18.8. The van der Waals surface area contributed by atoms with Crippen molar-refractivity contribution in [2.45, 2.75) is 19.8 Å². The molecule has 4 heterocycles. The van der Waals surface area contributed by atoms with E-state index in [-0.39, 0.29) is 5.92 Å². The van der Waals surface area contributed by atoms with E-state index < -0.39 is 9.73 Å². The SMILES string of the molecule is CC(C)c1nc(N=S(C)(C)=O)c2cc3[nH]ncc3cc2c1-c1ccc2ncnn2c1. The van der Waals surface area contributed by atoms with Crippen molar-refractivity contribution in [1.29, 1.82) is 0 Å². The van der Waals surface area contributed by atoms with E-state index in [0.29, 0.717) is 5.82 Å². The Morgan fingerprint density at radius 3 is 2.77 bits per heavy atom. The summed E-state index contributed by atoms with van der Waals surface area (Å²) in [6.07, 6.45) is 8.54. The number of pyridine rings is 2. The van der Waals surface area contributed by atoms with Crippen LogP contribution in [0.25, 0.3) is 38.4 Å². The van der Waals surface area contributed by atoms with Gasteiger partial charge in [-0.25, -0.2) is 18.7 Å². The van der Waals surface area contributed by atoms with Crippen LogP contribution in [0, 0.1) is 0 Å². The fourth-order valence-electron chi connectivity index (χ4n) is 3.72. The second-order valence-electron chi connectivity index (χ2n) is 7.96. The summed E-state index contributed by atoms with van der Waals surface area (Å²) in [5.41, 5.74) is 4.56. The highest BCUT2D eigenvalue weighted by Gasteiger charge is 2.20. The molecular weight excluding hydrogens is 398 g/mol. The highest BCUT2D eigenvalue weighted by atomic mass is 32.2. The summed E-state index contributed by atoms with van der Waals surface area (Å²) in [4.78, 5) is 9.13. The van der Waals surface area contributed by atoms with Gasteiger partial charge in [-0.15, -0.1) is 0 Å². The van der Waals surface area contributed by atoms with Gasteiger partial charge in [-0.1, -0.05) is 13.8 Å². The van der Waals surface area contributed by atoms with Crippen LogP contribution in [-0.4, -0.2) is 46.5 Å². The van der Waals surface area contributed by atoms with E-state index in [1.807, 2.05) is 24.4 Å². The standard InChI is InChI=1S/C21H21N7OS/c1-12(2)20-19(13-5-6-18-22-11-24-28(18)10-13)15-7-14-9-23-26-17(14)8-16(15)21(25-20)27-30(3,4)29/h5-12H,1-4H3,(H,23,26). The Morgan fingerprint density at radius 1 is 1.17 bits per heavy atom. The van der Waals surface area contributed by atoms with Gasteiger partial charge in [0.2, 0.25) is 0 Å². The highest BCUT2D eigenvalue weighted by Crippen LogP contribution is 2.40. The molecule has 0 bridgehead atoms. The molecule has 0 saturated heterocycles. The fraction of sp³-hybridized carbons (Fsp3) is 0.238. The third-order valence-corrected chi connectivity index (χ3v) is 5.60. The lowest BCUT2D eigenvalue weighted by atomic mass is 9.92. The molecule has 0 amide bonds. The third-order valence-electron chi connectivity index (χ3n) is 4.99. The zero-order valence-electron chi connectivity index (χ0n) is 17.1. The summed E-state index contributed by atoms with van der Waals surface area (Å²) in [5, 5.41) is 14.3. The van der Waals surface area contributed by atoms with Crippen molar-refractivity contribution in [3.63, 3.8) is 0 Å². The van der Waals surface area contributed by atoms with Gasteiger partial charge < -0.3 is 0 Å². The number of aromatic nitrogens is 6. The molecule has 5 rings (SSSR count). The van der Waals surface area contributed by atoms with Crippen molar-refractivity contribution < 1.29 is 4.21 Å². The molecule has 9 heteroatoms. The topological polar surface area (TPSA) is 101 Å². The van der Waals surface area contributed by atoms with Crippen LogP contribution >= 0.6 is 0 Å². The molecule has 0 spiro atoms. The Morgan fingerprint density at radius 2 is 2.00 bits per heavy atom. The van der Waals surface area contributed by atoms with Gasteiger partial charge in [0.1, 0.15) is 6.33 Å². The Hall–Kier alpha value is -3.33. The van der Waals surface area contributed by atoms with Crippen molar-refractivity contribution in [3.05, 3.63) is 48.7 Å². The lowest BCUT2D eigenvalue weighted by Gasteiger charge is -2.17. The molecule has 30 heavy (non-hydrogen) atoms. The minimum absolute atomic E-state index is 0.134. The zero-order chi connectivity index (χ0) is 21.0. The molecular formula is C21H21N7OS. The van der Waals surface area contributed by atoms with Gasteiger partial charge in [0, 0.05) is 50.3 Å². The Balaban J connectivity index is 1.96. The largest absolute Gasteiger partial charge is 0.278 e. The van der Waals surface area contributed by atoms with E-state index in [2.05, 4.69) is 44.6 Å². The highest BCUT2D eigenvalue weighted by molar-refractivity contribution is 7.92. The van der Waals surface area contributed by atoms with Crippen molar-refractivity contribution >= 4 is 42.9 Å². The van der Waals surface area contributed by atoms with Gasteiger partial charge in [0.25, 0.3) is 0 Å². The van der Waals surface area contributed by atoms with Gasteiger partial charge in [0.15, 0.2) is 11.5 Å². The first-order chi connectivity index (χ1) is 14.3. The minimum atomic E-state index is -2.39. The number of rotatable bonds is 3. The van der Waals surface area contributed by atoms with Crippen molar-refractivity contribution in [3.8, 4) is 11.1 Å². The van der Waals surface area contributed by atoms with Gasteiger partial charge in [-0.05, 0) is 35.6 Å². The second kappa shape index (κ2) is 6.60. The Labute approximate surface area is 173 Å². The van der Waals surface area contributed by atoms with Gasteiger partial charge in [0.05, 0.1) is 17.4 Å². The number of fused-ring (bicyclic) bond motifs is 3. The smallest absolute Gasteiger partial charge is 0.169 e. The van der Waals surface area contributed by atoms with E-state index in [4.69, 9.17) is 4.98 Å². The number of hydrogen-bond donors (Lipinski definition) is 1. The van der Waals surface area contributed by atoms with Crippen molar-refractivity contribution in [2.75, 3.05) is 12.5 Å². The van der Waals surface area contributed by atoms with Gasteiger partial charge in [-0.3, -0.25) is 5.10 Å². The second-order valence-corrected chi connectivity index (χ2v) is 10.5. The number of H-pyrrole nitrogens is 1. The molecule has 8 nitrogen and oxygen atoms in total. The first kappa shape index (κ1) is 18.7. The maximum Gasteiger partial charge on any atom is 0.169 e. The van der Waals surface area contributed by atoms with Crippen LogP contribution in [0.5, 0.6) is 0 Å². The van der Waals surface area contributed by atoms with Crippen LogP contribution in [0.1, 0.15) is 25.5 Å². The number of aromatic amines is 1. The average Bonchev–Trinajstić information content (AvgIpc) is 3.33. The molecule has 152 valence electrons. The number of hydrogen-bond acceptors (Lipinski definition) is 6. The lowest BCUT2D eigenvalue weighted by Crippen LogP contribution is -2.01. The molecule has 0 radical (unpaired) electrons. The van der Waals surface area contributed by atoms with Crippen LogP contribution in [-0.2, 0) is 9.73 Å². The summed E-state index contributed by atoms with van der Waals surface area (Å²) in [7, 11) is -2.39. The number of nitrogens with one attached hydrogen (secondary N) is 1. The first-order valence-electron chi connectivity index (χ1n) is 9.58. The van der Waals surface area contributed by atoms with Gasteiger partial charge in [-0.2, -0.15) is 14.6 Å².